The zero-order valence-electron chi connectivity index (χ0n) is 19.2. The van der Waals surface area contributed by atoms with Crippen molar-refractivity contribution < 1.29 is 0 Å². The maximum atomic E-state index is 12.1. The zero-order chi connectivity index (χ0) is 23.3. The molecule has 1 aliphatic rings. The number of aromatic nitrogens is 3. The molecule has 0 aromatic carbocycles. The summed E-state index contributed by atoms with van der Waals surface area (Å²) in [5, 5.41) is 4.01. The van der Waals surface area contributed by atoms with Crippen molar-refractivity contribution in [1.29, 1.82) is 0 Å². The van der Waals surface area contributed by atoms with Gasteiger partial charge in [0.1, 0.15) is 5.82 Å². The highest BCUT2D eigenvalue weighted by atomic mass is 35.5. The van der Waals surface area contributed by atoms with Crippen LogP contribution in [0.25, 0.3) is 5.70 Å². The molecule has 3 rings (SSSR count). The first-order valence-corrected chi connectivity index (χ1v) is 11.2. The Kier molecular flexibility index (Phi) is 7.93. The topological polar surface area (TPSA) is 92.3 Å². The zero-order valence-corrected chi connectivity index (χ0v) is 19.9. The summed E-state index contributed by atoms with van der Waals surface area (Å²) in [5.74, 6) is 1.49. The lowest BCUT2D eigenvalue weighted by Crippen LogP contribution is -2.46. The Hall–Kier alpha value is -2.84. The van der Waals surface area contributed by atoms with E-state index in [0.29, 0.717) is 17.1 Å². The summed E-state index contributed by atoms with van der Waals surface area (Å²) in [6, 6.07) is 2.15. The summed E-state index contributed by atoms with van der Waals surface area (Å²) in [7, 11) is 1.77. The van der Waals surface area contributed by atoms with Gasteiger partial charge in [0.15, 0.2) is 0 Å². The molecule has 0 atom stereocenters. The van der Waals surface area contributed by atoms with E-state index in [-0.39, 0.29) is 11.6 Å². The number of hydrogen-bond donors (Lipinski definition) is 2. The monoisotopic (exact) mass is 457 g/mol. The van der Waals surface area contributed by atoms with Crippen LogP contribution in [0.1, 0.15) is 30.8 Å². The van der Waals surface area contributed by atoms with Crippen LogP contribution < -0.4 is 16.6 Å². The number of nitrogens with one attached hydrogen (secondary N) is 1. The third-order valence-electron chi connectivity index (χ3n) is 5.31. The lowest BCUT2D eigenvalue weighted by molar-refractivity contribution is 0.149. The van der Waals surface area contributed by atoms with Crippen LogP contribution >= 0.6 is 11.6 Å². The van der Waals surface area contributed by atoms with Gasteiger partial charge >= 0.3 is 0 Å². The molecule has 1 aliphatic heterocycles. The minimum Gasteiger partial charge on any atom is -0.385 e. The third-order valence-corrected chi connectivity index (χ3v) is 5.51. The quantitative estimate of drug-likeness (QED) is 0.615. The third kappa shape index (κ3) is 6.34. The van der Waals surface area contributed by atoms with Gasteiger partial charge in [0.05, 0.1) is 17.4 Å². The van der Waals surface area contributed by atoms with E-state index in [9.17, 15) is 4.79 Å². The highest BCUT2D eigenvalue weighted by molar-refractivity contribution is 6.30. The smallest absolute Gasteiger partial charge is 0.253 e. The van der Waals surface area contributed by atoms with Crippen LogP contribution in [0.2, 0.25) is 5.02 Å². The van der Waals surface area contributed by atoms with Crippen LogP contribution in [-0.2, 0) is 13.6 Å². The molecule has 2 aromatic heterocycles. The molecule has 3 heterocycles. The predicted molar refractivity (Wildman–Crippen MR) is 129 cm³/mol. The molecule has 0 bridgehead atoms. The molecule has 0 radical (unpaired) electrons. The molecule has 0 unspecified atom stereocenters. The Balaban J connectivity index is 1.68. The molecule has 0 aliphatic carbocycles. The van der Waals surface area contributed by atoms with E-state index in [1.165, 1.54) is 0 Å². The van der Waals surface area contributed by atoms with Crippen LogP contribution in [0.4, 0.5) is 0 Å². The Morgan fingerprint density at radius 2 is 1.88 bits per heavy atom. The number of pyridine rings is 1. The number of hydrogen-bond acceptors (Lipinski definition) is 7. The number of piperazine rings is 1. The molecular weight excluding hydrogens is 426 g/mol. The minimum absolute atomic E-state index is 0.00886. The van der Waals surface area contributed by atoms with Crippen LogP contribution in [-0.4, -0.2) is 56.6 Å². The summed E-state index contributed by atoms with van der Waals surface area (Å²) < 4.78 is 1.61. The standard InChI is InChI=1S/C23H32ClN7O/c1-16(2)28-20(18-11-17(3)23(32)29(4)14-18)5-6-21(25)31-9-7-30(8-10-31)15-22-26-12-19(24)13-27-22/h5-6,11-14,16,28H,7-10,15,25H2,1-4H3/b20-5-,21-6+. The maximum Gasteiger partial charge on any atom is 0.253 e. The highest BCUT2D eigenvalue weighted by Gasteiger charge is 2.18. The minimum atomic E-state index is 0.00886. The molecule has 9 heteroatoms. The lowest BCUT2D eigenvalue weighted by Gasteiger charge is -2.35. The number of rotatable bonds is 7. The van der Waals surface area contributed by atoms with E-state index in [4.69, 9.17) is 17.3 Å². The Bertz CT molecular complexity index is 1010. The van der Waals surface area contributed by atoms with E-state index in [1.54, 1.807) is 24.0 Å². The average Bonchev–Trinajstić information content (AvgIpc) is 2.76. The van der Waals surface area contributed by atoms with Crippen molar-refractivity contribution in [3.8, 4) is 0 Å². The molecule has 0 amide bonds. The summed E-state index contributed by atoms with van der Waals surface area (Å²) in [4.78, 5) is 25.1. The molecule has 32 heavy (non-hydrogen) atoms. The molecule has 3 N–H and O–H groups in total. The Morgan fingerprint density at radius 3 is 2.47 bits per heavy atom. The fraction of sp³-hybridized carbons (Fsp3) is 0.435. The summed E-state index contributed by atoms with van der Waals surface area (Å²) in [6.45, 7) is 10.1. The van der Waals surface area contributed by atoms with Gasteiger partial charge in [-0.3, -0.25) is 9.69 Å². The second-order valence-electron chi connectivity index (χ2n) is 8.38. The second-order valence-corrected chi connectivity index (χ2v) is 8.82. The molecular formula is C23H32ClN7O. The second kappa shape index (κ2) is 10.7. The molecule has 0 spiro atoms. The van der Waals surface area contributed by atoms with Gasteiger partial charge in [-0.05, 0) is 39.0 Å². The largest absolute Gasteiger partial charge is 0.385 e. The first-order chi connectivity index (χ1) is 15.2. The molecule has 8 nitrogen and oxygen atoms in total. The van der Waals surface area contributed by atoms with Gasteiger partial charge in [-0.25, -0.2) is 9.97 Å². The Morgan fingerprint density at radius 1 is 1.22 bits per heavy atom. The van der Waals surface area contributed by atoms with Crippen molar-refractivity contribution in [2.24, 2.45) is 12.8 Å². The predicted octanol–water partition coefficient (Wildman–Crippen LogP) is 2.09. The lowest BCUT2D eigenvalue weighted by atomic mass is 10.1. The van der Waals surface area contributed by atoms with Crippen LogP contribution in [0.15, 0.2) is 47.4 Å². The van der Waals surface area contributed by atoms with Gasteiger partial charge in [0, 0.05) is 74.7 Å². The molecule has 1 saturated heterocycles. The number of nitrogens with zero attached hydrogens (tertiary/aromatic N) is 5. The summed E-state index contributed by atoms with van der Waals surface area (Å²) >= 11 is 5.86. The van der Waals surface area contributed by atoms with Crippen molar-refractivity contribution in [2.45, 2.75) is 33.4 Å². The van der Waals surface area contributed by atoms with Gasteiger partial charge < -0.3 is 20.5 Å². The SMILES string of the molecule is Cc1cc(/C(=C/C=C(\N)N2CCN(Cc3ncc(Cl)cn3)CC2)NC(C)C)cn(C)c1=O. The van der Waals surface area contributed by atoms with Gasteiger partial charge in [-0.15, -0.1) is 0 Å². The first-order valence-electron chi connectivity index (χ1n) is 10.8. The maximum absolute atomic E-state index is 12.1. The van der Waals surface area contributed by atoms with Crippen LogP contribution in [0.3, 0.4) is 0 Å². The van der Waals surface area contributed by atoms with Crippen molar-refractivity contribution in [1.82, 2.24) is 29.7 Å². The van der Waals surface area contributed by atoms with Crippen molar-refractivity contribution in [3.05, 3.63) is 75.0 Å². The fourth-order valence-electron chi connectivity index (χ4n) is 3.62. The van der Waals surface area contributed by atoms with E-state index in [2.05, 4.69) is 38.9 Å². The first kappa shape index (κ1) is 23.8. The van der Waals surface area contributed by atoms with E-state index in [0.717, 1.165) is 49.1 Å². The molecule has 0 saturated carbocycles. The fourth-order valence-corrected chi connectivity index (χ4v) is 3.72. The van der Waals surface area contributed by atoms with Gasteiger partial charge in [0.25, 0.3) is 5.56 Å². The molecule has 2 aromatic rings. The van der Waals surface area contributed by atoms with E-state index < -0.39 is 0 Å². The van der Waals surface area contributed by atoms with E-state index >= 15 is 0 Å². The number of aryl methyl sites for hydroxylation is 2. The Labute approximate surface area is 194 Å². The van der Waals surface area contributed by atoms with E-state index in [1.807, 2.05) is 31.3 Å². The average molecular weight is 458 g/mol. The summed E-state index contributed by atoms with van der Waals surface area (Å²) in [6.07, 6.45) is 9.02. The van der Waals surface area contributed by atoms with Crippen molar-refractivity contribution >= 4 is 17.3 Å². The summed E-state index contributed by atoms with van der Waals surface area (Å²) in [5.41, 5.74) is 9.01. The van der Waals surface area contributed by atoms with Gasteiger partial charge in [0.2, 0.25) is 0 Å². The van der Waals surface area contributed by atoms with Crippen molar-refractivity contribution in [3.63, 3.8) is 0 Å². The van der Waals surface area contributed by atoms with Gasteiger partial charge in [-0.2, -0.15) is 0 Å². The normalized spacial score (nSPS) is 16.0. The number of allylic oxidation sites excluding steroid dienone is 2. The van der Waals surface area contributed by atoms with Gasteiger partial charge in [-0.1, -0.05) is 11.6 Å². The van der Waals surface area contributed by atoms with Crippen LogP contribution in [0, 0.1) is 6.92 Å². The number of halogens is 1. The van der Waals surface area contributed by atoms with Crippen molar-refractivity contribution in [2.75, 3.05) is 26.2 Å². The van der Waals surface area contributed by atoms with Crippen LogP contribution in [0.5, 0.6) is 0 Å². The molecule has 172 valence electrons. The molecule has 1 fully saturated rings. The highest BCUT2D eigenvalue weighted by Crippen LogP contribution is 2.14. The number of nitrogens with two attached hydrogens (primary N) is 1.